The van der Waals surface area contributed by atoms with Crippen LogP contribution in [0.1, 0.15) is 67.2 Å². The normalized spacial score (nSPS) is 24.1. The molecule has 2 atom stereocenters. The van der Waals surface area contributed by atoms with E-state index in [0.717, 1.165) is 0 Å². The Hall–Kier alpha value is -2.10. The van der Waals surface area contributed by atoms with Crippen LogP contribution in [-0.2, 0) is 19.1 Å². The van der Waals surface area contributed by atoms with Gasteiger partial charge in [0.2, 0.25) is 0 Å². The van der Waals surface area contributed by atoms with Crippen molar-refractivity contribution in [1.29, 1.82) is 0 Å². The van der Waals surface area contributed by atoms with Crippen LogP contribution in [0, 0.1) is 22.7 Å². The Bertz CT molecular complexity index is 685. The Balaban J connectivity index is 1.60. The predicted octanol–water partition coefficient (Wildman–Crippen LogP) is 5.95. The molecule has 0 aromatic rings. The Morgan fingerprint density at radius 2 is 1.13 bits per heavy atom. The Morgan fingerprint density at radius 1 is 0.767 bits per heavy atom. The van der Waals surface area contributed by atoms with Gasteiger partial charge >= 0.3 is 11.9 Å². The van der Waals surface area contributed by atoms with E-state index >= 15 is 0 Å². The predicted molar refractivity (Wildman–Crippen MR) is 121 cm³/mol. The lowest BCUT2D eigenvalue weighted by Crippen LogP contribution is -2.28. The molecule has 0 amide bonds. The zero-order chi connectivity index (χ0) is 22.4. The van der Waals surface area contributed by atoms with Crippen molar-refractivity contribution in [3.8, 4) is 0 Å². The molecule has 0 aromatic carbocycles. The second-order valence-electron chi connectivity index (χ2n) is 9.92. The monoisotopic (exact) mass is 414 g/mol. The molecule has 0 saturated heterocycles. The summed E-state index contributed by atoms with van der Waals surface area (Å²) in [6.45, 7) is 13.6. The first-order chi connectivity index (χ1) is 14.0. The van der Waals surface area contributed by atoms with Gasteiger partial charge in [0.25, 0.3) is 0 Å². The van der Waals surface area contributed by atoms with Gasteiger partial charge in [0.05, 0.1) is 13.2 Å². The van der Waals surface area contributed by atoms with Crippen molar-refractivity contribution >= 4 is 11.9 Å². The van der Waals surface area contributed by atoms with Crippen LogP contribution in [-0.4, -0.2) is 25.2 Å². The summed E-state index contributed by atoms with van der Waals surface area (Å²) in [6, 6.07) is 0. The number of rotatable bonds is 9. The van der Waals surface area contributed by atoms with Crippen molar-refractivity contribution in [1.82, 2.24) is 0 Å². The third-order valence-electron chi connectivity index (χ3n) is 6.15. The highest BCUT2D eigenvalue weighted by Gasteiger charge is 2.29. The molecular weight excluding hydrogens is 376 g/mol. The maximum Gasteiger partial charge on any atom is 0.305 e. The molecule has 0 spiro atoms. The quantitative estimate of drug-likeness (QED) is 0.345. The fraction of sp³-hybridized carbons (Fsp3) is 0.615. The summed E-state index contributed by atoms with van der Waals surface area (Å²) >= 11 is 0. The largest absolute Gasteiger partial charge is 0.465 e. The van der Waals surface area contributed by atoms with Crippen LogP contribution in [0.4, 0.5) is 0 Å². The number of hydrogen-bond donors (Lipinski definition) is 0. The smallest absolute Gasteiger partial charge is 0.305 e. The number of unbranched alkanes of at least 4 members (excludes halogenated alkanes) is 1. The van der Waals surface area contributed by atoms with Gasteiger partial charge in [-0.2, -0.15) is 0 Å². The molecule has 0 radical (unpaired) electrons. The van der Waals surface area contributed by atoms with Gasteiger partial charge in [-0.1, -0.05) is 75.3 Å². The molecule has 0 fully saturated rings. The minimum Gasteiger partial charge on any atom is -0.465 e. The van der Waals surface area contributed by atoms with E-state index in [-0.39, 0.29) is 34.6 Å². The maximum atomic E-state index is 12.0. The topological polar surface area (TPSA) is 52.6 Å². The second-order valence-corrected chi connectivity index (χ2v) is 9.92. The van der Waals surface area contributed by atoms with E-state index in [1.165, 1.54) is 11.1 Å². The molecule has 0 saturated carbocycles. The fourth-order valence-corrected chi connectivity index (χ4v) is 4.10. The summed E-state index contributed by atoms with van der Waals surface area (Å²) in [5.74, 6) is -0.0149. The number of allylic oxidation sites excluding steroid dienone is 6. The fourth-order valence-electron chi connectivity index (χ4n) is 4.10. The number of hydrogen-bond acceptors (Lipinski definition) is 4. The molecule has 0 aliphatic heterocycles. The Labute approximate surface area is 182 Å². The molecule has 2 aliphatic rings. The summed E-state index contributed by atoms with van der Waals surface area (Å²) in [5, 5.41) is 0. The SMILES string of the molecule is CC1=CC(C)(C)C(COC(=O)CCCCC(=O)OCC2C=CC(C)=CC2(C)C)C=C1. The highest BCUT2D eigenvalue weighted by atomic mass is 16.5. The van der Waals surface area contributed by atoms with Gasteiger partial charge in [-0.3, -0.25) is 9.59 Å². The highest BCUT2D eigenvalue weighted by Crippen LogP contribution is 2.35. The first-order valence-corrected chi connectivity index (χ1v) is 11.1. The molecule has 30 heavy (non-hydrogen) atoms. The summed E-state index contributed by atoms with van der Waals surface area (Å²) in [4.78, 5) is 24.1. The van der Waals surface area contributed by atoms with Crippen LogP contribution in [0.25, 0.3) is 0 Å². The van der Waals surface area contributed by atoms with E-state index in [2.05, 4.69) is 78.0 Å². The lowest BCUT2D eigenvalue weighted by atomic mass is 9.75. The van der Waals surface area contributed by atoms with Gasteiger partial charge in [0.1, 0.15) is 0 Å². The molecule has 0 heterocycles. The molecule has 0 N–H and O–H groups in total. The summed E-state index contributed by atoms with van der Waals surface area (Å²) in [6.07, 6.45) is 14.8. The molecule has 2 unspecified atom stereocenters. The minimum absolute atomic E-state index is 0.0144. The van der Waals surface area contributed by atoms with E-state index in [9.17, 15) is 9.59 Å². The van der Waals surface area contributed by atoms with Crippen molar-refractivity contribution in [2.24, 2.45) is 22.7 Å². The van der Waals surface area contributed by atoms with Gasteiger partial charge in [-0.05, 0) is 37.5 Å². The standard InChI is InChI=1S/C26H38O4/c1-19-11-13-21(25(3,4)15-19)17-29-23(27)9-7-8-10-24(28)30-18-22-14-12-20(2)16-26(22,5)6/h11-16,21-22H,7-10,17-18H2,1-6H3. The van der Waals surface area contributed by atoms with Gasteiger partial charge < -0.3 is 9.47 Å². The van der Waals surface area contributed by atoms with E-state index < -0.39 is 0 Å². The van der Waals surface area contributed by atoms with Gasteiger partial charge in [-0.25, -0.2) is 0 Å². The summed E-state index contributed by atoms with van der Waals surface area (Å²) in [5.41, 5.74) is 2.45. The van der Waals surface area contributed by atoms with Crippen LogP contribution in [0.3, 0.4) is 0 Å². The van der Waals surface area contributed by atoms with Crippen LogP contribution in [0.15, 0.2) is 47.6 Å². The molecule has 4 nitrogen and oxygen atoms in total. The zero-order valence-electron chi connectivity index (χ0n) is 19.5. The van der Waals surface area contributed by atoms with Crippen molar-refractivity contribution < 1.29 is 19.1 Å². The van der Waals surface area contributed by atoms with Gasteiger partial charge in [0, 0.05) is 24.7 Å². The minimum atomic E-state index is -0.199. The third-order valence-corrected chi connectivity index (χ3v) is 6.15. The van der Waals surface area contributed by atoms with E-state index in [4.69, 9.17) is 9.47 Å². The first kappa shape index (κ1) is 24.2. The van der Waals surface area contributed by atoms with Crippen LogP contribution in [0.5, 0.6) is 0 Å². The van der Waals surface area contributed by atoms with Crippen molar-refractivity contribution in [2.45, 2.75) is 67.2 Å². The van der Waals surface area contributed by atoms with Crippen molar-refractivity contribution in [2.75, 3.05) is 13.2 Å². The third kappa shape index (κ3) is 7.30. The zero-order valence-corrected chi connectivity index (χ0v) is 19.5. The van der Waals surface area contributed by atoms with E-state index in [1.54, 1.807) is 0 Å². The maximum absolute atomic E-state index is 12.0. The Kier molecular flexibility index (Phi) is 8.28. The van der Waals surface area contributed by atoms with Crippen molar-refractivity contribution in [3.05, 3.63) is 47.6 Å². The molecule has 0 bridgehead atoms. The van der Waals surface area contributed by atoms with Crippen molar-refractivity contribution in [3.63, 3.8) is 0 Å². The number of carbonyl (C=O) groups is 2. The lowest BCUT2D eigenvalue weighted by molar-refractivity contribution is -0.147. The average molecular weight is 415 g/mol. The summed E-state index contributed by atoms with van der Waals surface area (Å²) < 4.78 is 10.9. The highest BCUT2D eigenvalue weighted by molar-refractivity contribution is 5.70. The molecular formula is C26H38O4. The van der Waals surface area contributed by atoms with E-state index in [1.807, 2.05) is 0 Å². The molecule has 166 valence electrons. The molecule has 2 rings (SSSR count). The number of esters is 2. The van der Waals surface area contributed by atoms with Gasteiger partial charge in [-0.15, -0.1) is 0 Å². The van der Waals surface area contributed by atoms with Crippen LogP contribution in [0.2, 0.25) is 0 Å². The van der Waals surface area contributed by atoms with Gasteiger partial charge in [0.15, 0.2) is 0 Å². The van der Waals surface area contributed by atoms with Crippen LogP contribution >= 0.6 is 0 Å². The Morgan fingerprint density at radius 3 is 1.47 bits per heavy atom. The lowest BCUT2D eigenvalue weighted by Gasteiger charge is -2.32. The van der Waals surface area contributed by atoms with Crippen LogP contribution < -0.4 is 0 Å². The summed E-state index contributed by atoms with van der Waals surface area (Å²) in [7, 11) is 0. The molecule has 2 aliphatic carbocycles. The molecule has 4 heteroatoms. The number of carbonyl (C=O) groups excluding carboxylic acids is 2. The molecule has 0 aromatic heterocycles. The van der Waals surface area contributed by atoms with E-state index in [0.29, 0.717) is 38.9 Å². The first-order valence-electron chi connectivity index (χ1n) is 11.1. The average Bonchev–Trinajstić information content (AvgIpc) is 2.62. The number of ether oxygens (including phenoxy) is 2. The second kappa shape index (κ2) is 10.3.